The normalized spacial score (nSPS) is 16.6. The van der Waals surface area contributed by atoms with E-state index in [0.717, 1.165) is 19.3 Å². The van der Waals surface area contributed by atoms with Crippen molar-refractivity contribution in [3.8, 4) is 11.3 Å². The molecular weight excluding hydrogens is 664 g/mol. The lowest BCUT2D eigenvalue weighted by Crippen LogP contribution is -2.34. The molecule has 3 aromatic carbocycles. The number of nitrogens with zero attached hydrogens (tertiary/aromatic N) is 3. The van der Waals surface area contributed by atoms with Crippen LogP contribution in [0.25, 0.3) is 22.2 Å². The molecule has 13 heteroatoms. The number of hydrogen-bond acceptors (Lipinski definition) is 8. The molecule has 2 atom stereocenters. The summed E-state index contributed by atoms with van der Waals surface area (Å²) in [6, 6.07) is 22.2. The summed E-state index contributed by atoms with van der Waals surface area (Å²) in [5.41, 5.74) is 2.02. The van der Waals surface area contributed by atoms with Crippen molar-refractivity contribution >= 4 is 61.9 Å². The Hall–Kier alpha value is -4.94. The van der Waals surface area contributed by atoms with Crippen LogP contribution >= 0.6 is 11.6 Å². The Morgan fingerprint density at radius 2 is 1.59 bits per heavy atom. The van der Waals surface area contributed by atoms with Crippen molar-refractivity contribution in [2.24, 2.45) is 5.92 Å². The summed E-state index contributed by atoms with van der Waals surface area (Å²) in [4.78, 5) is 34.6. The van der Waals surface area contributed by atoms with Crippen molar-refractivity contribution < 1.29 is 22.7 Å². The van der Waals surface area contributed by atoms with E-state index in [1.165, 1.54) is 10.2 Å². The summed E-state index contributed by atoms with van der Waals surface area (Å²) in [5.74, 6) is 0.00420. The van der Waals surface area contributed by atoms with Gasteiger partial charge >= 0.3 is 6.09 Å². The minimum Gasteiger partial charge on any atom is -0.444 e. The number of carbonyl (C=O) groups is 2. The Kier molecular flexibility index (Phi) is 9.62. The van der Waals surface area contributed by atoms with Crippen LogP contribution in [0.5, 0.6) is 0 Å². The lowest BCUT2D eigenvalue weighted by molar-refractivity contribution is -0.120. The first-order valence-electron chi connectivity index (χ1n) is 16.0. The molecule has 3 N–H and O–H groups in total. The van der Waals surface area contributed by atoms with Crippen LogP contribution < -0.4 is 16.0 Å². The zero-order valence-corrected chi connectivity index (χ0v) is 28.9. The van der Waals surface area contributed by atoms with E-state index in [1.54, 1.807) is 93.7 Å². The molecule has 0 unspecified atom stereocenters. The highest BCUT2D eigenvalue weighted by Crippen LogP contribution is 2.36. The van der Waals surface area contributed by atoms with E-state index in [1.807, 2.05) is 12.1 Å². The minimum atomic E-state index is -3.89. The number of fused-ring (bicyclic) bond motifs is 1. The van der Waals surface area contributed by atoms with Gasteiger partial charge in [-0.2, -0.15) is 0 Å². The molecule has 1 aliphatic carbocycles. The summed E-state index contributed by atoms with van der Waals surface area (Å²) in [5, 5.41) is 10.0. The first-order valence-corrected chi connectivity index (χ1v) is 17.8. The van der Waals surface area contributed by atoms with Crippen LogP contribution in [0.3, 0.4) is 0 Å². The van der Waals surface area contributed by atoms with E-state index in [0.29, 0.717) is 45.9 Å². The summed E-state index contributed by atoms with van der Waals surface area (Å²) in [7, 11) is -3.89. The number of carbonyl (C=O) groups excluding carboxylic acids is 2. The largest absolute Gasteiger partial charge is 0.444 e. The number of benzene rings is 3. The fraction of sp³-hybridized carbons (Fsp3) is 0.278. The summed E-state index contributed by atoms with van der Waals surface area (Å²) < 4.78 is 33.8. The van der Waals surface area contributed by atoms with Gasteiger partial charge < -0.3 is 15.4 Å². The molecule has 2 aromatic heterocycles. The molecule has 6 rings (SSSR count). The van der Waals surface area contributed by atoms with Crippen LogP contribution in [0.2, 0.25) is 5.02 Å². The Morgan fingerprint density at radius 3 is 2.31 bits per heavy atom. The average Bonchev–Trinajstić information content (AvgIpc) is 3.47. The van der Waals surface area contributed by atoms with Gasteiger partial charge in [-0.05, 0) is 82.5 Å². The third-order valence-corrected chi connectivity index (χ3v) is 10.1. The Labute approximate surface area is 290 Å². The van der Waals surface area contributed by atoms with Gasteiger partial charge in [0.05, 0.1) is 27.3 Å². The molecule has 254 valence electrons. The van der Waals surface area contributed by atoms with E-state index in [-0.39, 0.29) is 27.8 Å². The molecule has 5 aromatic rings. The van der Waals surface area contributed by atoms with Crippen molar-refractivity contribution in [2.75, 3.05) is 16.0 Å². The number of para-hydroxylation sites is 1. The second-order valence-electron chi connectivity index (χ2n) is 13.0. The second kappa shape index (κ2) is 13.9. The van der Waals surface area contributed by atoms with Gasteiger partial charge in [0, 0.05) is 40.5 Å². The highest BCUT2D eigenvalue weighted by molar-refractivity contribution is 7.90. The molecule has 1 fully saturated rings. The monoisotopic (exact) mass is 700 g/mol. The smallest absolute Gasteiger partial charge is 0.412 e. The molecule has 0 radical (unpaired) electrons. The average molecular weight is 701 g/mol. The standard InChI is InChI=1S/C36H37ClN6O5S/c1-36(2,3)48-35(45)41-25-18-16-24(17-19-25)39-33(44)23-10-9-11-26(20-23)40-34-38-21-30(37)32(42-34)29-22-43(31-15-8-7-14-28(29)31)49(46,47)27-12-5-4-6-13-27/h4-8,12-19,21-23,26H,9-11,20H2,1-3H3,(H,39,44)(H,41,45)(H,38,40,42)/t23-,26+/m0/s1. The van der Waals surface area contributed by atoms with E-state index in [2.05, 4.69) is 20.9 Å². The van der Waals surface area contributed by atoms with Gasteiger partial charge in [0.15, 0.2) is 0 Å². The van der Waals surface area contributed by atoms with E-state index in [4.69, 9.17) is 21.3 Å². The van der Waals surface area contributed by atoms with Crippen LogP contribution in [0.15, 0.2) is 96.2 Å². The maximum absolute atomic E-state index is 13.6. The van der Waals surface area contributed by atoms with E-state index < -0.39 is 21.7 Å². The van der Waals surface area contributed by atoms with Crippen LogP contribution in [0, 0.1) is 5.92 Å². The molecular formula is C36H37ClN6O5S. The van der Waals surface area contributed by atoms with Crippen LogP contribution in [-0.4, -0.2) is 46.0 Å². The molecule has 0 bridgehead atoms. The molecule has 49 heavy (non-hydrogen) atoms. The number of anilines is 3. The molecule has 0 spiro atoms. The van der Waals surface area contributed by atoms with Crippen LogP contribution in [0.1, 0.15) is 46.5 Å². The van der Waals surface area contributed by atoms with Gasteiger partial charge in [-0.1, -0.05) is 54.4 Å². The number of aromatic nitrogens is 3. The van der Waals surface area contributed by atoms with Gasteiger partial charge in [-0.15, -0.1) is 0 Å². The second-order valence-corrected chi connectivity index (χ2v) is 15.2. The Morgan fingerprint density at radius 1 is 0.918 bits per heavy atom. The number of ether oxygens (including phenoxy) is 1. The minimum absolute atomic E-state index is 0.0706. The third-order valence-electron chi connectivity index (χ3n) is 8.15. The lowest BCUT2D eigenvalue weighted by atomic mass is 9.85. The third kappa shape index (κ3) is 7.87. The van der Waals surface area contributed by atoms with Crippen molar-refractivity contribution in [3.63, 3.8) is 0 Å². The van der Waals surface area contributed by atoms with Gasteiger partial charge in [0.25, 0.3) is 10.0 Å². The van der Waals surface area contributed by atoms with Gasteiger partial charge in [0.2, 0.25) is 11.9 Å². The highest BCUT2D eigenvalue weighted by Gasteiger charge is 2.29. The maximum atomic E-state index is 13.6. The number of amides is 2. The molecule has 11 nitrogen and oxygen atoms in total. The van der Waals surface area contributed by atoms with Crippen LogP contribution in [0.4, 0.5) is 22.1 Å². The number of nitrogens with one attached hydrogen (secondary N) is 3. The van der Waals surface area contributed by atoms with Crippen molar-refractivity contribution in [1.29, 1.82) is 0 Å². The Bertz CT molecular complexity index is 2100. The quantitative estimate of drug-likeness (QED) is 0.148. The lowest BCUT2D eigenvalue weighted by Gasteiger charge is -2.29. The molecule has 0 aliphatic heterocycles. The molecule has 2 amide bonds. The zero-order valence-electron chi connectivity index (χ0n) is 27.3. The summed E-state index contributed by atoms with van der Waals surface area (Å²) in [6.45, 7) is 5.38. The summed E-state index contributed by atoms with van der Waals surface area (Å²) in [6.07, 6.45) is 5.46. The topological polar surface area (TPSA) is 144 Å². The first-order chi connectivity index (χ1) is 23.4. The SMILES string of the molecule is CC(C)(C)OC(=O)Nc1ccc(NC(=O)[C@H]2CCC[C@@H](Nc3ncc(Cl)c(-c4cn(S(=O)(=O)c5ccccc5)c5ccccc45)n3)C2)cc1. The highest BCUT2D eigenvalue weighted by atomic mass is 35.5. The van der Waals surface area contributed by atoms with Gasteiger partial charge in [-0.25, -0.2) is 27.2 Å². The molecule has 1 aliphatic rings. The van der Waals surface area contributed by atoms with Gasteiger partial charge in [-0.3, -0.25) is 10.1 Å². The molecule has 0 saturated heterocycles. The van der Waals surface area contributed by atoms with E-state index >= 15 is 0 Å². The van der Waals surface area contributed by atoms with Crippen molar-refractivity contribution in [3.05, 3.63) is 96.3 Å². The number of halogens is 1. The molecule has 1 saturated carbocycles. The van der Waals surface area contributed by atoms with Gasteiger partial charge in [0.1, 0.15) is 5.60 Å². The Balaban J connectivity index is 1.15. The number of hydrogen-bond donors (Lipinski definition) is 3. The zero-order chi connectivity index (χ0) is 34.8. The fourth-order valence-electron chi connectivity index (χ4n) is 5.91. The first kappa shape index (κ1) is 33.9. The predicted molar refractivity (Wildman–Crippen MR) is 191 cm³/mol. The number of rotatable bonds is 8. The fourth-order valence-corrected chi connectivity index (χ4v) is 7.50. The predicted octanol–water partition coefficient (Wildman–Crippen LogP) is 7.95. The van der Waals surface area contributed by atoms with E-state index in [9.17, 15) is 18.0 Å². The maximum Gasteiger partial charge on any atom is 0.412 e. The van der Waals surface area contributed by atoms with Crippen molar-refractivity contribution in [2.45, 2.75) is 63.0 Å². The molecule has 2 heterocycles. The summed E-state index contributed by atoms with van der Waals surface area (Å²) >= 11 is 6.62. The van der Waals surface area contributed by atoms with Crippen LogP contribution in [-0.2, 0) is 19.6 Å². The van der Waals surface area contributed by atoms with Crippen molar-refractivity contribution in [1.82, 2.24) is 13.9 Å².